The van der Waals surface area contributed by atoms with Gasteiger partial charge in [0.25, 0.3) is 0 Å². The third-order valence-corrected chi connectivity index (χ3v) is 3.05. The van der Waals surface area contributed by atoms with E-state index in [0.717, 1.165) is 11.4 Å². The molecule has 0 saturated carbocycles. The molecular weight excluding hydrogens is 264 g/mol. The van der Waals surface area contributed by atoms with E-state index in [1.165, 1.54) is 0 Å². The molecule has 1 amide bonds. The Kier molecular flexibility index (Phi) is 4.26. The van der Waals surface area contributed by atoms with Crippen molar-refractivity contribution in [1.29, 1.82) is 0 Å². The zero-order chi connectivity index (χ0) is 15.3. The topological polar surface area (TPSA) is 69.1 Å². The number of nitrogens with zero attached hydrogens (tertiary/aromatic N) is 4. The highest BCUT2D eigenvalue weighted by Gasteiger charge is 2.32. The third-order valence-electron chi connectivity index (χ3n) is 3.05. The lowest BCUT2D eigenvalue weighted by Crippen LogP contribution is -2.41. The van der Waals surface area contributed by atoms with E-state index in [1.807, 2.05) is 60.7 Å². The number of hydrogen-bond donors (Lipinski definition) is 0. The van der Waals surface area contributed by atoms with Crippen molar-refractivity contribution in [3.8, 4) is 0 Å². The van der Waals surface area contributed by atoms with Gasteiger partial charge in [0.1, 0.15) is 5.54 Å². The Bertz CT molecular complexity index is 622. The highest BCUT2D eigenvalue weighted by atomic mass is 16.2. The monoisotopic (exact) mass is 280 g/mol. The van der Waals surface area contributed by atoms with Crippen molar-refractivity contribution in [2.45, 2.75) is 19.4 Å². The largest absolute Gasteiger partial charge is 0.281 e. The quantitative estimate of drug-likeness (QED) is 0.463. The summed E-state index contributed by atoms with van der Waals surface area (Å²) in [5, 5.41) is 3.62. The minimum Gasteiger partial charge on any atom is -0.281 e. The highest BCUT2D eigenvalue weighted by Crippen LogP contribution is 2.29. The summed E-state index contributed by atoms with van der Waals surface area (Å²) < 4.78 is 0. The van der Waals surface area contributed by atoms with Crippen LogP contribution >= 0.6 is 0 Å². The molecule has 0 fully saturated rings. The Morgan fingerprint density at radius 2 is 1.43 bits per heavy atom. The minimum absolute atomic E-state index is 0.280. The number of carbonyl (C=O) groups excluding carboxylic acids is 1. The summed E-state index contributed by atoms with van der Waals surface area (Å²) in [6.45, 7) is 3.21. The van der Waals surface area contributed by atoms with Crippen molar-refractivity contribution in [1.82, 2.24) is 0 Å². The van der Waals surface area contributed by atoms with Crippen molar-refractivity contribution in [3.63, 3.8) is 0 Å². The van der Waals surface area contributed by atoms with Crippen LogP contribution in [0.4, 0.5) is 11.4 Å². The average molecular weight is 280 g/mol. The number of benzene rings is 2. The standard InChI is InChI=1S/C16H16N4O/c1-16(2,18-19-17)15(21)20(13-9-5-3-6-10-13)14-11-7-4-8-12-14/h3-12H,1-2H3. The number of rotatable bonds is 4. The summed E-state index contributed by atoms with van der Waals surface area (Å²) >= 11 is 0. The fourth-order valence-electron chi connectivity index (χ4n) is 1.97. The van der Waals surface area contributed by atoms with Crippen LogP contribution in [0.5, 0.6) is 0 Å². The maximum absolute atomic E-state index is 12.8. The lowest BCUT2D eigenvalue weighted by Gasteiger charge is -2.29. The predicted octanol–water partition coefficient (Wildman–Crippen LogP) is 4.44. The van der Waals surface area contributed by atoms with Gasteiger partial charge in [0.2, 0.25) is 5.91 Å². The predicted molar refractivity (Wildman–Crippen MR) is 83.3 cm³/mol. The van der Waals surface area contributed by atoms with Crippen molar-refractivity contribution < 1.29 is 4.79 Å². The first-order valence-corrected chi connectivity index (χ1v) is 6.57. The fraction of sp³-hybridized carbons (Fsp3) is 0.188. The lowest BCUT2D eigenvalue weighted by atomic mass is 10.0. The molecule has 0 aromatic heterocycles. The number of anilines is 2. The van der Waals surface area contributed by atoms with Crippen LogP contribution in [0.2, 0.25) is 0 Å². The van der Waals surface area contributed by atoms with Crippen molar-refractivity contribution in [3.05, 3.63) is 71.1 Å². The summed E-state index contributed by atoms with van der Waals surface area (Å²) in [5.41, 5.74) is 8.96. The molecule has 0 heterocycles. The van der Waals surface area contributed by atoms with Crippen LogP contribution in [0.25, 0.3) is 10.4 Å². The number of azide groups is 1. The first-order valence-electron chi connectivity index (χ1n) is 6.57. The zero-order valence-electron chi connectivity index (χ0n) is 12.0. The van der Waals surface area contributed by atoms with Gasteiger partial charge in [-0.05, 0) is 43.6 Å². The van der Waals surface area contributed by atoms with Crippen LogP contribution in [0, 0.1) is 0 Å². The molecule has 2 aromatic rings. The molecular formula is C16H16N4O. The SMILES string of the molecule is CC(C)(N=[N+]=[N-])C(=O)N(c1ccccc1)c1ccccc1. The van der Waals surface area contributed by atoms with Crippen molar-refractivity contribution in [2.24, 2.45) is 5.11 Å². The fourth-order valence-corrected chi connectivity index (χ4v) is 1.97. The molecule has 2 rings (SSSR count). The van der Waals surface area contributed by atoms with E-state index in [2.05, 4.69) is 10.0 Å². The van der Waals surface area contributed by atoms with Crippen LogP contribution in [0.15, 0.2) is 65.8 Å². The van der Waals surface area contributed by atoms with E-state index < -0.39 is 5.54 Å². The summed E-state index contributed by atoms with van der Waals surface area (Å²) in [7, 11) is 0. The van der Waals surface area contributed by atoms with Gasteiger partial charge in [-0.3, -0.25) is 9.69 Å². The van der Waals surface area contributed by atoms with E-state index in [-0.39, 0.29) is 5.91 Å². The Hall–Kier alpha value is -2.78. The molecule has 5 nitrogen and oxygen atoms in total. The average Bonchev–Trinajstić information content (AvgIpc) is 2.49. The van der Waals surface area contributed by atoms with E-state index in [9.17, 15) is 4.79 Å². The summed E-state index contributed by atoms with van der Waals surface area (Å²) in [5.74, 6) is -0.280. The van der Waals surface area contributed by atoms with Gasteiger partial charge in [-0.1, -0.05) is 41.5 Å². The van der Waals surface area contributed by atoms with Gasteiger partial charge >= 0.3 is 0 Å². The van der Waals surface area contributed by atoms with Crippen LogP contribution in [-0.4, -0.2) is 11.4 Å². The Morgan fingerprint density at radius 3 is 1.81 bits per heavy atom. The van der Waals surface area contributed by atoms with Crippen LogP contribution in [0.3, 0.4) is 0 Å². The molecule has 0 spiro atoms. The first-order chi connectivity index (χ1) is 10.1. The number of carbonyl (C=O) groups is 1. The molecule has 0 saturated heterocycles. The smallest absolute Gasteiger partial charge is 0.243 e. The molecule has 0 aliphatic heterocycles. The molecule has 5 heteroatoms. The van der Waals surface area contributed by atoms with E-state index in [0.29, 0.717) is 0 Å². The van der Waals surface area contributed by atoms with Gasteiger partial charge in [0, 0.05) is 16.3 Å². The molecule has 21 heavy (non-hydrogen) atoms. The Balaban J connectivity index is 2.52. The molecule has 0 bridgehead atoms. The van der Waals surface area contributed by atoms with Gasteiger partial charge in [-0.2, -0.15) is 0 Å². The van der Waals surface area contributed by atoms with Gasteiger partial charge in [0.15, 0.2) is 0 Å². The maximum Gasteiger partial charge on any atom is 0.243 e. The van der Waals surface area contributed by atoms with E-state index in [1.54, 1.807) is 18.7 Å². The zero-order valence-corrected chi connectivity index (χ0v) is 12.0. The number of amides is 1. The molecule has 0 atom stereocenters. The summed E-state index contributed by atoms with van der Waals surface area (Å²) in [4.78, 5) is 17.2. The molecule has 0 unspecified atom stereocenters. The summed E-state index contributed by atoms with van der Waals surface area (Å²) in [6, 6.07) is 18.6. The molecule has 2 aromatic carbocycles. The van der Waals surface area contributed by atoms with E-state index in [4.69, 9.17) is 5.53 Å². The molecule has 0 aliphatic carbocycles. The Labute approximate surface area is 123 Å². The van der Waals surface area contributed by atoms with Crippen molar-refractivity contribution in [2.75, 3.05) is 4.90 Å². The second-order valence-corrected chi connectivity index (χ2v) is 5.06. The molecule has 0 aliphatic rings. The third kappa shape index (κ3) is 3.22. The maximum atomic E-state index is 12.8. The molecule has 106 valence electrons. The minimum atomic E-state index is -1.17. The van der Waals surface area contributed by atoms with E-state index >= 15 is 0 Å². The van der Waals surface area contributed by atoms with Crippen molar-refractivity contribution >= 4 is 17.3 Å². The molecule has 0 radical (unpaired) electrons. The van der Waals surface area contributed by atoms with Gasteiger partial charge in [-0.25, -0.2) is 0 Å². The second-order valence-electron chi connectivity index (χ2n) is 5.06. The van der Waals surface area contributed by atoms with Gasteiger partial charge in [-0.15, -0.1) is 0 Å². The first kappa shape index (κ1) is 14.6. The highest BCUT2D eigenvalue weighted by molar-refractivity contribution is 6.05. The van der Waals surface area contributed by atoms with Crippen LogP contribution in [0.1, 0.15) is 13.8 Å². The lowest BCUT2D eigenvalue weighted by molar-refractivity contribution is -0.121. The Morgan fingerprint density at radius 1 is 1.00 bits per heavy atom. The van der Waals surface area contributed by atoms with Gasteiger partial charge < -0.3 is 0 Å². The van der Waals surface area contributed by atoms with Gasteiger partial charge in [0.05, 0.1) is 0 Å². The van der Waals surface area contributed by atoms with Crippen LogP contribution in [-0.2, 0) is 4.79 Å². The molecule has 0 N–H and O–H groups in total. The second kappa shape index (κ2) is 6.11. The number of hydrogen-bond acceptors (Lipinski definition) is 2. The normalized spacial score (nSPS) is 10.6. The number of para-hydroxylation sites is 2. The summed E-state index contributed by atoms with van der Waals surface area (Å²) in [6.07, 6.45) is 0. The van der Waals surface area contributed by atoms with Crippen LogP contribution < -0.4 is 4.90 Å².